The van der Waals surface area contributed by atoms with E-state index in [1.54, 1.807) is 30.3 Å². The average molecular weight is 260 g/mol. The molecule has 0 aliphatic rings. The van der Waals surface area contributed by atoms with E-state index in [0.29, 0.717) is 5.56 Å². The molecule has 0 heterocycles. The van der Waals surface area contributed by atoms with Crippen LogP contribution in [0.5, 0.6) is 0 Å². The lowest BCUT2D eigenvalue weighted by molar-refractivity contribution is 0.118. The molecule has 7 nitrogen and oxygen atoms in total. The summed E-state index contributed by atoms with van der Waals surface area (Å²) in [5, 5.41) is 16.7. The third-order valence-electron chi connectivity index (χ3n) is 1.65. The van der Waals surface area contributed by atoms with Crippen molar-refractivity contribution in [3.05, 3.63) is 35.9 Å². The van der Waals surface area contributed by atoms with Crippen molar-refractivity contribution in [3.63, 3.8) is 0 Å². The van der Waals surface area contributed by atoms with Crippen LogP contribution in [0.2, 0.25) is 0 Å². The summed E-state index contributed by atoms with van der Waals surface area (Å²) in [6, 6.07) is 8.04. The van der Waals surface area contributed by atoms with Gasteiger partial charge >= 0.3 is 19.9 Å². The van der Waals surface area contributed by atoms with E-state index in [2.05, 4.69) is 9.05 Å². The number of rotatable bonds is 4. The van der Waals surface area contributed by atoms with Crippen LogP contribution in [0.1, 0.15) is 5.56 Å². The van der Waals surface area contributed by atoms with E-state index < -0.39 is 26.1 Å². The van der Waals surface area contributed by atoms with E-state index in [1.807, 2.05) is 0 Å². The topological polar surface area (TPSA) is 110 Å². The first-order valence-electron chi connectivity index (χ1n) is 4.39. The van der Waals surface area contributed by atoms with E-state index in [-0.39, 0.29) is 0 Å². The normalized spacial score (nSPS) is 10.6. The third kappa shape index (κ3) is 4.56. The van der Waals surface area contributed by atoms with Gasteiger partial charge in [0.05, 0.1) is 6.16 Å². The highest BCUT2D eigenvalue weighted by atomic mass is 31.2. The molecular weight excluding hydrogens is 251 g/mol. The summed E-state index contributed by atoms with van der Waals surface area (Å²) in [5.74, 6) is 0. The standard InChI is InChI=1S/C9H9O7P/c10-8(11)15-17(14,16-9(12)13)6-7-4-2-1-3-5-7/h1-5H,6H2,(H,10,11)(H,12,13). The van der Waals surface area contributed by atoms with E-state index in [4.69, 9.17) is 10.2 Å². The number of benzene rings is 1. The van der Waals surface area contributed by atoms with Crippen LogP contribution in [0.15, 0.2) is 30.3 Å². The first-order valence-corrected chi connectivity index (χ1v) is 6.12. The van der Waals surface area contributed by atoms with Crippen LogP contribution in [-0.4, -0.2) is 22.5 Å². The summed E-state index contributed by atoms with van der Waals surface area (Å²) in [7, 11) is -4.25. The number of hydrogen-bond acceptors (Lipinski definition) is 5. The van der Waals surface area contributed by atoms with Crippen LogP contribution in [-0.2, 0) is 19.8 Å². The fourth-order valence-corrected chi connectivity index (χ4v) is 2.43. The Labute approximate surface area is 96.1 Å². The molecule has 0 aliphatic heterocycles. The molecule has 1 aromatic rings. The maximum atomic E-state index is 11.8. The molecule has 0 spiro atoms. The highest BCUT2D eigenvalue weighted by Gasteiger charge is 2.33. The van der Waals surface area contributed by atoms with Crippen LogP contribution in [0.25, 0.3) is 0 Å². The fraction of sp³-hybridized carbons (Fsp3) is 0.111. The molecule has 1 aromatic carbocycles. The first-order chi connectivity index (χ1) is 7.91. The highest BCUT2D eigenvalue weighted by molar-refractivity contribution is 7.54. The summed E-state index contributed by atoms with van der Waals surface area (Å²) in [6.07, 6.45) is -4.15. The summed E-state index contributed by atoms with van der Waals surface area (Å²) < 4.78 is 19.8. The molecule has 0 fully saturated rings. The Balaban J connectivity index is 2.87. The predicted octanol–water partition coefficient (Wildman–Crippen LogP) is 2.77. The number of hydrogen-bond donors (Lipinski definition) is 2. The molecule has 17 heavy (non-hydrogen) atoms. The lowest BCUT2D eigenvalue weighted by Gasteiger charge is -2.13. The van der Waals surface area contributed by atoms with Crippen molar-refractivity contribution in [1.82, 2.24) is 0 Å². The van der Waals surface area contributed by atoms with Gasteiger partial charge in [-0.25, -0.2) is 14.2 Å². The smallest absolute Gasteiger partial charge is 0.449 e. The molecule has 0 radical (unpaired) electrons. The van der Waals surface area contributed by atoms with Crippen molar-refractivity contribution in [3.8, 4) is 0 Å². The van der Waals surface area contributed by atoms with Crippen LogP contribution in [0.3, 0.4) is 0 Å². The Morgan fingerprint density at radius 3 is 1.94 bits per heavy atom. The third-order valence-corrected chi connectivity index (χ3v) is 3.27. The Bertz CT molecular complexity index is 436. The van der Waals surface area contributed by atoms with Gasteiger partial charge in [0.2, 0.25) is 0 Å². The van der Waals surface area contributed by atoms with Crippen molar-refractivity contribution < 1.29 is 33.4 Å². The molecule has 0 bridgehead atoms. The minimum atomic E-state index is -4.25. The lowest BCUT2D eigenvalue weighted by atomic mass is 10.2. The van der Waals surface area contributed by atoms with Gasteiger partial charge in [-0.1, -0.05) is 30.3 Å². The SMILES string of the molecule is O=C(O)OP(=O)(Cc1ccccc1)OC(=O)O. The first kappa shape index (κ1) is 13.1. The summed E-state index contributed by atoms with van der Waals surface area (Å²) >= 11 is 0. The van der Waals surface area contributed by atoms with Gasteiger partial charge in [0.25, 0.3) is 0 Å². The maximum Gasteiger partial charge on any atom is 0.513 e. The predicted molar refractivity (Wildman–Crippen MR) is 56.0 cm³/mol. The van der Waals surface area contributed by atoms with Gasteiger partial charge in [-0.15, -0.1) is 0 Å². The minimum Gasteiger partial charge on any atom is -0.449 e. The minimum absolute atomic E-state index is 0.438. The van der Waals surface area contributed by atoms with Gasteiger partial charge in [0.15, 0.2) is 0 Å². The lowest BCUT2D eigenvalue weighted by Crippen LogP contribution is -2.07. The van der Waals surface area contributed by atoms with E-state index in [0.717, 1.165) is 0 Å². The molecule has 2 N–H and O–H groups in total. The zero-order valence-electron chi connectivity index (χ0n) is 8.48. The Morgan fingerprint density at radius 1 is 1.06 bits per heavy atom. The molecule has 92 valence electrons. The summed E-state index contributed by atoms with van der Waals surface area (Å²) in [6.45, 7) is 0. The van der Waals surface area contributed by atoms with Gasteiger partial charge < -0.3 is 19.3 Å². The molecule has 0 saturated heterocycles. The second-order valence-electron chi connectivity index (χ2n) is 2.97. The summed E-state index contributed by atoms with van der Waals surface area (Å²) in [5.41, 5.74) is 0.443. The molecule has 0 aromatic heterocycles. The van der Waals surface area contributed by atoms with Gasteiger partial charge in [-0.3, -0.25) is 0 Å². The molecule has 8 heteroatoms. The van der Waals surface area contributed by atoms with Gasteiger partial charge in [0.1, 0.15) is 0 Å². The Hall–Kier alpha value is -2.01. The quantitative estimate of drug-likeness (QED) is 0.800. The van der Waals surface area contributed by atoms with Crippen molar-refractivity contribution in [2.45, 2.75) is 6.16 Å². The highest BCUT2D eigenvalue weighted by Crippen LogP contribution is 2.51. The van der Waals surface area contributed by atoms with Crippen LogP contribution in [0, 0.1) is 0 Å². The molecular formula is C9H9O7P. The van der Waals surface area contributed by atoms with Crippen molar-refractivity contribution in [1.29, 1.82) is 0 Å². The Morgan fingerprint density at radius 2 is 1.53 bits per heavy atom. The van der Waals surface area contributed by atoms with Gasteiger partial charge in [0, 0.05) is 0 Å². The largest absolute Gasteiger partial charge is 0.513 e. The van der Waals surface area contributed by atoms with Crippen molar-refractivity contribution in [2.24, 2.45) is 0 Å². The van der Waals surface area contributed by atoms with E-state index >= 15 is 0 Å². The van der Waals surface area contributed by atoms with Gasteiger partial charge in [-0.2, -0.15) is 0 Å². The van der Waals surface area contributed by atoms with Crippen molar-refractivity contribution in [2.75, 3.05) is 0 Å². The fourth-order valence-electron chi connectivity index (χ4n) is 1.13. The second-order valence-corrected chi connectivity index (χ2v) is 4.87. The number of carbonyl (C=O) groups is 2. The maximum absolute atomic E-state index is 11.8. The molecule has 0 aliphatic carbocycles. The molecule has 1 rings (SSSR count). The van der Waals surface area contributed by atoms with Crippen LogP contribution >= 0.6 is 7.60 Å². The molecule has 0 atom stereocenters. The molecule has 0 saturated carbocycles. The molecule has 0 amide bonds. The van der Waals surface area contributed by atoms with Gasteiger partial charge in [-0.05, 0) is 5.56 Å². The zero-order chi connectivity index (χ0) is 12.9. The monoisotopic (exact) mass is 260 g/mol. The van der Waals surface area contributed by atoms with Crippen LogP contribution in [0.4, 0.5) is 9.59 Å². The number of carboxylic acid groups (broad SMARTS) is 2. The summed E-state index contributed by atoms with van der Waals surface area (Å²) in [4.78, 5) is 20.6. The van der Waals surface area contributed by atoms with E-state index in [1.165, 1.54) is 0 Å². The Kier molecular flexibility index (Phi) is 4.12. The zero-order valence-corrected chi connectivity index (χ0v) is 9.37. The average Bonchev–Trinajstić information content (AvgIpc) is 2.15. The molecule has 0 unspecified atom stereocenters. The van der Waals surface area contributed by atoms with E-state index in [9.17, 15) is 14.2 Å². The van der Waals surface area contributed by atoms with Crippen molar-refractivity contribution >= 4 is 19.9 Å². The second kappa shape index (κ2) is 5.36. The van der Waals surface area contributed by atoms with Crippen LogP contribution < -0.4 is 0 Å².